The molecule has 96 valence electrons. The van der Waals surface area contributed by atoms with E-state index in [9.17, 15) is 0 Å². The number of nitrogens with zero attached hydrogens (tertiary/aromatic N) is 3. The van der Waals surface area contributed by atoms with Crippen LogP contribution in [0, 0.1) is 6.92 Å². The molecule has 1 aliphatic rings. The molecule has 1 aromatic rings. The number of hydrogen-bond acceptors (Lipinski definition) is 3. The van der Waals surface area contributed by atoms with Crippen molar-refractivity contribution in [2.45, 2.75) is 30.8 Å². The van der Waals surface area contributed by atoms with Gasteiger partial charge in [-0.05, 0) is 20.8 Å². The second-order valence-electron chi connectivity index (χ2n) is 5.17. The third kappa shape index (κ3) is 2.65. The summed E-state index contributed by atoms with van der Waals surface area (Å²) in [5.41, 5.74) is 2.46. The molecule has 1 aliphatic heterocycles. The Bertz CT molecular complexity index is 414. The molecule has 0 atom stereocenters. The lowest BCUT2D eigenvalue weighted by Gasteiger charge is -2.39. The third-order valence-electron chi connectivity index (χ3n) is 3.17. The van der Waals surface area contributed by atoms with Crippen molar-refractivity contribution in [2.75, 3.05) is 23.7 Å². The van der Waals surface area contributed by atoms with E-state index in [1.807, 2.05) is 11.7 Å². The third-order valence-corrected chi connectivity index (χ3v) is 5.03. The monoisotopic (exact) mass is 317 g/mol. The highest BCUT2D eigenvalue weighted by molar-refractivity contribution is 9.08. The van der Waals surface area contributed by atoms with Crippen LogP contribution in [0.2, 0.25) is 0 Å². The number of rotatable bonds is 2. The fourth-order valence-corrected chi connectivity index (χ4v) is 4.21. The Morgan fingerprint density at radius 3 is 2.76 bits per heavy atom. The normalized spacial score (nSPS) is 19.7. The van der Waals surface area contributed by atoms with Gasteiger partial charge in [-0.1, -0.05) is 15.9 Å². The van der Waals surface area contributed by atoms with Crippen molar-refractivity contribution in [1.29, 1.82) is 0 Å². The minimum atomic E-state index is 0.333. The summed E-state index contributed by atoms with van der Waals surface area (Å²) in [4.78, 5) is 2.48. The van der Waals surface area contributed by atoms with Crippen LogP contribution in [0.1, 0.15) is 25.1 Å². The van der Waals surface area contributed by atoms with Crippen LogP contribution in [-0.2, 0) is 12.4 Å². The molecule has 0 bridgehead atoms. The van der Waals surface area contributed by atoms with Gasteiger partial charge in [-0.2, -0.15) is 16.9 Å². The number of thioether (sulfide) groups is 1. The maximum atomic E-state index is 4.54. The fraction of sp³-hybridized carbons (Fsp3) is 0.750. The molecule has 0 unspecified atom stereocenters. The second-order valence-corrected chi connectivity index (χ2v) is 7.54. The van der Waals surface area contributed by atoms with E-state index in [4.69, 9.17) is 0 Å². The van der Waals surface area contributed by atoms with Crippen LogP contribution in [0.15, 0.2) is 0 Å². The Morgan fingerprint density at radius 2 is 2.18 bits per heavy atom. The molecule has 0 saturated carbocycles. The van der Waals surface area contributed by atoms with Gasteiger partial charge in [-0.15, -0.1) is 0 Å². The van der Waals surface area contributed by atoms with Crippen molar-refractivity contribution in [3.05, 3.63) is 11.3 Å². The van der Waals surface area contributed by atoms with E-state index in [2.05, 4.69) is 58.5 Å². The zero-order valence-electron chi connectivity index (χ0n) is 11.0. The SMILES string of the molecule is Cc1nn(C)c(N2CCSC(C)(C)C2)c1CBr. The minimum Gasteiger partial charge on any atom is -0.354 e. The zero-order chi connectivity index (χ0) is 12.6. The average molecular weight is 318 g/mol. The van der Waals surface area contributed by atoms with Crippen molar-refractivity contribution < 1.29 is 0 Å². The topological polar surface area (TPSA) is 21.1 Å². The van der Waals surface area contributed by atoms with E-state index in [-0.39, 0.29) is 0 Å². The summed E-state index contributed by atoms with van der Waals surface area (Å²) in [6.07, 6.45) is 0. The first kappa shape index (κ1) is 13.3. The van der Waals surface area contributed by atoms with Gasteiger partial charge in [0.2, 0.25) is 0 Å². The average Bonchev–Trinajstić information content (AvgIpc) is 2.51. The molecule has 1 aromatic heterocycles. The van der Waals surface area contributed by atoms with E-state index in [1.165, 1.54) is 17.1 Å². The summed E-state index contributed by atoms with van der Waals surface area (Å²) in [7, 11) is 2.04. The van der Waals surface area contributed by atoms with Crippen molar-refractivity contribution in [1.82, 2.24) is 9.78 Å². The summed E-state index contributed by atoms with van der Waals surface area (Å²) < 4.78 is 2.36. The van der Waals surface area contributed by atoms with Crippen molar-refractivity contribution in [3.63, 3.8) is 0 Å². The van der Waals surface area contributed by atoms with Gasteiger partial charge in [0.25, 0.3) is 0 Å². The van der Waals surface area contributed by atoms with Gasteiger partial charge < -0.3 is 4.90 Å². The Hall–Kier alpha value is -0.160. The van der Waals surface area contributed by atoms with Crippen LogP contribution in [0.4, 0.5) is 5.82 Å². The first-order chi connectivity index (χ1) is 7.94. The van der Waals surface area contributed by atoms with Crippen LogP contribution in [0.5, 0.6) is 0 Å². The quantitative estimate of drug-likeness (QED) is 0.782. The second kappa shape index (κ2) is 4.84. The number of aromatic nitrogens is 2. The Kier molecular flexibility index (Phi) is 3.78. The molecule has 1 fully saturated rings. The van der Waals surface area contributed by atoms with Gasteiger partial charge in [-0.3, -0.25) is 4.68 Å². The largest absolute Gasteiger partial charge is 0.354 e. The van der Waals surface area contributed by atoms with Gasteiger partial charge in [0, 0.05) is 41.5 Å². The molecule has 2 heterocycles. The summed E-state index contributed by atoms with van der Waals surface area (Å²) in [5.74, 6) is 2.48. The summed E-state index contributed by atoms with van der Waals surface area (Å²) in [6, 6.07) is 0. The molecule has 0 N–H and O–H groups in total. The molecule has 0 aliphatic carbocycles. The molecule has 0 amide bonds. The molecule has 0 spiro atoms. The lowest BCUT2D eigenvalue weighted by Crippen LogP contribution is -2.44. The number of aryl methyl sites for hydroxylation is 2. The minimum absolute atomic E-state index is 0.333. The molecule has 2 rings (SSSR count). The van der Waals surface area contributed by atoms with Crippen LogP contribution in [-0.4, -0.2) is 33.4 Å². The van der Waals surface area contributed by atoms with Gasteiger partial charge in [-0.25, -0.2) is 0 Å². The maximum absolute atomic E-state index is 4.54. The molecular weight excluding hydrogens is 298 g/mol. The van der Waals surface area contributed by atoms with Gasteiger partial charge >= 0.3 is 0 Å². The fourth-order valence-electron chi connectivity index (χ4n) is 2.44. The summed E-state index contributed by atoms with van der Waals surface area (Å²) in [5, 5.41) is 5.42. The van der Waals surface area contributed by atoms with Crippen LogP contribution in [0.3, 0.4) is 0 Å². The van der Waals surface area contributed by atoms with Crippen molar-refractivity contribution in [3.8, 4) is 0 Å². The van der Waals surface area contributed by atoms with Crippen LogP contribution in [0.25, 0.3) is 0 Å². The number of halogens is 1. The Balaban J connectivity index is 2.33. The lowest BCUT2D eigenvalue weighted by atomic mass is 10.1. The highest BCUT2D eigenvalue weighted by atomic mass is 79.9. The highest BCUT2D eigenvalue weighted by Crippen LogP contribution is 2.34. The smallest absolute Gasteiger partial charge is 0.130 e. The predicted octanol–water partition coefficient (Wildman–Crippen LogP) is 2.96. The van der Waals surface area contributed by atoms with Gasteiger partial charge in [0.05, 0.1) is 5.69 Å². The molecular formula is C12H20BrN3S. The first-order valence-electron chi connectivity index (χ1n) is 5.92. The maximum Gasteiger partial charge on any atom is 0.130 e. The van der Waals surface area contributed by atoms with E-state index >= 15 is 0 Å². The summed E-state index contributed by atoms with van der Waals surface area (Å²) in [6.45, 7) is 8.94. The molecule has 0 aromatic carbocycles. The Morgan fingerprint density at radius 1 is 1.47 bits per heavy atom. The summed E-state index contributed by atoms with van der Waals surface area (Å²) >= 11 is 5.64. The van der Waals surface area contributed by atoms with E-state index in [0.29, 0.717) is 4.75 Å². The van der Waals surface area contributed by atoms with Crippen LogP contribution >= 0.6 is 27.7 Å². The molecule has 1 saturated heterocycles. The number of alkyl halides is 1. The Labute approximate surface area is 116 Å². The van der Waals surface area contributed by atoms with Crippen molar-refractivity contribution in [2.24, 2.45) is 7.05 Å². The number of anilines is 1. The van der Waals surface area contributed by atoms with Gasteiger partial charge in [0.15, 0.2) is 0 Å². The highest BCUT2D eigenvalue weighted by Gasteiger charge is 2.30. The molecule has 3 nitrogen and oxygen atoms in total. The lowest BCUT2D eigenvalue weighted by molar-refractivity contribution is 0.620. The first-order valence-corrected chi connectivity index (χ1v) is 8.02. The van der Waals surface area contributed by atoms with Crippen LogP contribution < -0.4 is 4.90 Å². The molecule has 0 radical (unpaired) electrons. The van der Waals surface area contributed by atoms with E-state index in [0.717, 1.165) is 24.1 Å². The van der Waals surface area contributed by atoms with Gasteiger partial charge in [0.1, 0.15) is 5.82 Å². The zero-order valence-corrected chi connectivity index (χ0v) is 13.4. The molecule has 17 heavy (non-hydrogen) atoms. The predicted molar refractivity (Wildman–Crippen MR) is 79.3 cm³/mol. The molecule has 5 heteroatoms. The number of hydrogen-bond donors (Lipinski definition) is 0. The van der Waals surface area contributed by atoms with E-state index in [1.54, 1.807) is 0 Å². The van der Waals surface area contributed by atoms with Crippen molar-refractivity contribution >= 4 is 33.5 Å². The van der Waals surface area contributed by atoms with E-state index < -0.39 is 0 Å². The standard InChI is InChI=1S/C12H20BrN3S/c1-9-10(7-13)11(15(4)14-9)16-5-6-17-12(2,3)8-16/h5-8H2,1-4H3.